The standard InChI is InChI=1S/C33H27F4N3O2/c1-3-21-6-14-28-29(20-40(31(28)16-21)19-22-4-12-27(42-2)13-5-22)32(41,33(35,36)37)24-7-15-30(23(17-24)18-38)39-26-10-8-25(34)9-11-26/h3-18,20,38-39,41H,1,19H2,2H3. The van der Waals surface area contributed by atoms with E-state index in [1.54, 1.807) is 48.1 Å². The molecule has 0 bridgehead atoms. The predicted molar refractivity (Wildman–Crippen MR) is 157 cm³/mol. The molecule has 214 valence electrons. The van der Waals surface area contributed by atoms with Gasteiger partial charge in [-0.05, 0) is 71.3 Å². The van der Waals surface area contributed by atoms with E-state index in [-0.39, 0.29) is 23.1 Å². The first-order chi connectivity index (χ1) is 20.1. The lowest BCUT2D eigenvalue weighted by molar-refractivity contribution is -0.247. The number of hydrogen-bond donors (Lipinski definition) is 3. The number of ether oxygens (including phenoxy) is 1. The van der Waals surface area contributed by atoms with Gasteiger partial charge < -0.3 is 25.1 Å². The Morgan fingerprint density at radius 2 is 1.69 bits per heavy atom. The Labute approximate surface area is 239 Å². The number of alkyl halides is 3. The number of methoxy groups -OCH3 is 1. The van der Waals surface area contributed by atoms with Crippen LogP contribution in [-0.2, 0) is 12.1 Å². The summed E-state index contributed by atoms with van der Waals surface area (Å²) in [6.45, 7) is 4.01. The molecule has 1 atom stereocenters. The molecule has 0 spiro atoms. The van der Waals surface area contributed by atoms with E-state index < -0.39 is 23.2 Å². The monoisotopic (exact) mass is 573 g/mol. The number of halogens is 4. The lowest BCUT2D eigenvalue weighted by Gasteiger charge is -2.31. The van der Waals surface area contributed by atoms with E-state index >= 15 is 0 Å². The molecule has 9 heteroatoms. The number of nitrogens with one attached hydrogen (secondary N) is 2. The van der Waals surface area contributed by atoms with Crippen LogP contribution in [0.5, 0.6) is 5.75 Å². The van der Waals surface area contributed by atoms with Gasteiger partial charge in [0, 0.05) is 52.4 Å². The molecule has 5 rings (SSSR count). The minimum atomic E-state index is -5.12. The molecule has 0 saturated carbocycles. The van der Waals surface area contributed by atoms with E-state index in [1.807, 2.05) is 12.1 Å². The maximum Gasteiger partial charge on any atom is 0.425 e. The van der Waals surface area contributed by atoms with Crippen LogP contribution in [0.15, 0.2) is 97.7 Å². The third kappa shape index (κ3) is 5.26. The number of nitrogens with zero attached hydrogens (tertiary/aromatic N) is 1. The van der Waals surface area contributed by atoms with Crippen LogP contribution in [0, 0.1) is 11.2 Å². The molecule has 1 heterocycles. The highest BCUT2D eigenvalue weighted by Gasteiger charge is 2.57. The zero-order valence-electron chi connectivity index (χ0n) is 22.5. The van der Waals surface area contributed by atoms with Crippen LogP contribution >= 0.6 is 0 Å². The van der Waals surface area contributed by atoms with Gasteiger partial charge in [0.05, 0.1) is 7.11 Å². The van der Waals surface area contributed by atoms with E-state index in [0.717, 1.165) is 17.8 Å². The zero-order chi connectivity index (χ0) is 30.1. The van der Waals surface area contributed by atoms with Crippen LogP contribution in [-0.4, -0.2) is 29.2 Å². The lowest BCUT2D eigenvalue weighted by Crippen LogP contribution is -2.43. The Balaban J connectivity index is 1.65. The van der Waals surface area contributed by atoms with Crippen molar-refractivity contribution < 1.29 is 27.4 Å². The van der Waals surface area contributed by atoms with Crippen molar-refractivity contribution in [1.29, 1.82) is 5.41 Å². The quantitative estimate of drug-likeness (QED) is 0.124. The van der Waals surface area contributed by atoms with Crippen molar-refractivity contribution in [3.63, 3.8) is 0 Å². The van der Waals surface area contributed by atoms with Gasteiger partial charge in [0.2, 0.25) is 5.60 Å². The molecule has 4 aromatic carbocycles. The van der Waals surface area contributed by atoms with Gasteiger partial charge in [-0.15, -0.1) is 0 Å². The highest BCUT2D eigenvalue weighted by molar-refractivity contribution is 5.90. The van der Waals surface area contributed by atoms with Crippen LogP contribution in [0.3, 0.4) is 0 Å². The summed E-state index contributed by atoms with van der Waals surface area (Å²) in [7, 11) is 1.55. The van der Waals surface area contributed by atoms with Gasteiger partial charge in [-0.2, -0.15) is 13.2 Å². The van der Waals surface area contributed by atoms with E-state index in [9.17, 15) is 22.7 Å². The van der Waals surface area contributed by atoms with Gasteiger partial charge in [0.15, 0.2) is 0 Å². The van der Waals surface area contributed by atoms with E-state index in [1.165, 1.54) is 42.6 Å². The molecule has 1 aromatic heterocycles. The maximum absolute atomic E-state index is 15.0. The van der Waals surface area contributed by atoms with Gasteiger partial charge in [0.1, 0.15) is 11.6 Å². The topological polar surface area (TPSA) is 70.3 Å². The second-order valence-electron chi connectivity index (χ2n) is 9.79. The second kappa shape index (κ2) is 11.2. The molecule has 42 heavy (non-hydrogen) atoms. The molecule has 0 amide bonds. The molecule has 0 aliphatic rings. The number of hydrogen-bond acceptors (Lipinski definition) is 4. The number of rotatable bonds is 9. The van der Waals surface area contributed by atoms with Crippen molar-refractivity contribution in [3.05, 3.63) is 131 Å². The van der Waals surface area contributed by atoms with Crippen molar-refractivity contribution in [2.24, 2.45) is 0 Å². The normalized spacial score (nSPS) is 13.0. The Kier molecular flexibility index (Phi) is 7.62. The minimum Gasteiger partial charge on any atom is -0.497 e. The summed E-state index contributed by atoms with van der Waals surface area (Å²) in [6, 6.07) is 21.2. The average molecular weight is 574 g/mol. The van der Waals surface area contributed by atoms with Crippen LogP contribution < -0.4 is 10.1 Å². The van der Waals surface area contributed by atoms with Gasteiger partial charge in [0.25, 0.3) is 0 Å². The van der Waals surface area contributed by atoms with E-state index in [2.05, 4.69) is 11.9 Å². The lowest BCUT2D eigenvalue weighted by atomic mass is 9.84. The van der Waals surface area contributed by atoms with Crippen LogP contribution in [0.4, 0.5) is 28.9 Å². The molecule has 0 aliphatic heterocycles. The van der Waals surface area contributed by atoms with Crippen molar-refractivity contribution >= 4 is 34.6 Å². The Morgan fingerprint density at radius 1 is 0.976 bits per heavy atom. The molecule has 0 aliphatic carbocycles. The first-order valence-electron chi connectivity index (χ1n) is 12.9. The van der Waals surface area contributed by atoms with Gasteiger partial charge in [-0.25, -0.2) is 4.39 Å². The van der Waals surface area contributed by atoms with E-state index in [4.69, 9.17) is 10.1 Å². The largest absolute Gasteiger partial charge is 0.497 e. The molecule has 0 saturated heterocycles. The Hall–Kier alpha value is -4.89. The zero-order valence-corrected chi connectivity index (χ0v) is 22.5. The molecule has 0 fully saturated rings. The van der Waals surface area contributed by atoms with Gasteiger partial charge in [-0.1, -0.05) is 43.0 Å². The van der Waals surface area contributed by atoms with Crippen LogP contribution in [0.1, 0.15) is 27.8 Å². The summed E-state index contributed by atoms with van der Waals surface area (Å²) in [5, 5.41) is 22.8. The summed E-state index contributed by atoms with van der Waals surface area (Å²) in [5.41, 5.74) is -1.27. The molecule has 5 aromatic rings. The minimum absolute atomic E-state index is 0.107. The highest BCUT2D eigenvalue weighted by atomic mass is 19.4. The summed E-state index contributed by atoms with van der Waals surface area (Å²) in [5.74, 6) is 0.210. The number of aliphatic hydroxyl groups is 1. The fraction of sp³-hybridized carbons (Fsp3) is 0.121. The van der Waals surface area contributed by atoms with Crippen LogP contribution in [0.25, 0.3) is 17.0 Å². The highest BCUT2D eigenvalue weighted by Crippen LogP contribution is 2.48. The molecule has 1 unspecified atom stereocenters. The van der Waals surface area contributed by atoms with Crippen molar-refractivity contribution in [1.82, 2.24) is 4.57 Å². The number of benzene rings is 4. The van der Waals surface area contributed by atoms with E-state index in [0.29, 0.717) is 28.2 Å². The molecule has 3 N–H and O–H groups in total. The Morgan fingerprint density at radius 3 is 2.31 bits per heavy atom. The molecule has 5 nitrogen and oxygen atoms in total. The third-order valence-electron chi connectivity index (χ3n) is 7.20. The fourth-order valence-corrected chi connectivity index (χ4v) is 4.96. The molecule has 0 radical (unpaired) electrons. The Bertz CT molecular complexity index is 1760. The smallest absolute Gasteiger partial charge is 0.425 e. The number of fused-ring (bicyclic) bond motifs is 1. The van der Waals surface area contributed by atoms with Gasteiger partial charge in [-0.3, -0.25) is 0 Å². The van der Waals surface area contributed by atoms with Gasteiger partial charge >= 0.3 is 6.18 Å². The van der Waals surface area contributed by atoms with Crippen molar-refractivity contribution in [2.45, 2.75) is 18.3 Å². The van der Waals surface area contributed by atoms with Crippen LogP contribution in [0.2, 0.25) is 0 Å². The number of aromatic nitrogens is 1. The third-order valence-corrected chi connectivity index (χ3v) is 7.20. The second-order valence-corrected chi connectivity index (χ2v) is 9.79. The first kappa shape index (κ1) is 28.6. The summed E-state index contributed by atoms with van der Waals surface area (Å²) in [4.78, 5) is 0. The average Bonchev–Trinajstić information content (AvgIpc) is 3.35. The number of anilines is 2. The predicted octanol–water partition coefficient (Wildman–Crippen LogP) is 8.02. The summed E-state index contributed by atoms with van der Waals surface area (Å²) >= 11 is 0. The summed E-state index contributed by atoms with van der Waals surface area (Å²) < 4.78 is 65.2. The van der Waals surface area contributed by atoms with Crippen molar-refractivity contribution in [2.75, 3.05) is 12.4 Å². The summed E-state index contributed by atoms with van der Waals surface area (Å²) in [6.07, 6.45) is -1.29. The molecular formula is C33H27F4N3O2. The maximum atomic E-state index is 15.0. The molecular weight excluding hydrogens is 546 g/mol. The fourth-order valence-electron chi connectivity index (χ4n) is 4.96. The van der Waals surface area contributed by atoms with Crippen molar-refractivity contribution in [3.8, 4) is 5.75 Å². The first-order valence-corrected chi connectivity index (χ1v) is 12.9. The SMILES string of the molecule is C=Cc1ccc2c(C(O)(c3ccc(Nc4ccc(F)cc4)c(C=N)c3)C(F)(F)F)cn(Cc3ccc(OC)cc3)c2c1.